The summed E-state index contributed by atoms with van der Waals surface area (Å²) in [7, 11) is 0. The Labute approximate surface area is 110 Å². The number of carbonyl (C=O) groups excluding carboxylic acids is 2. The van der Waals surface area contributed by atoms with Crippen LogP contribution in [0.4, 0.5) is 0 Å². The van der Waals surface area contributed by atoms with Gasteiger partial charge >= 0.3 is 0 Å². The highest BCUT2D eigenvalue weighted by Gasteiger charge is 2.18. The Morgan fingerprint density at radius 2 is 1.83 bits per heavy atom. The van der Waals surface area contributed by atoms with Gasteiger partial charge in [-0.05, 0) is 18.9 Å². The monoisotopic (exact) mass is 251 g/mol. The van der Waals surface area contributed by atoms with E-state index in [9.17, 15) is 9.59 Å². The molecule has 102 valence electrons. The minimum Gasteiger partial charge on any atom is -0.338 e. The lowest BCUT2D eigenvalue weighted by Crippen LogP contribution is -2.37. The molecule has 3 heteroatoms. The summed E-state index contributed by atoms with van der Waals surface area (Å²) >= 11 is 0. The van der Waals surface area contributed by atoms with Gasteiger partial charge in [0.25, 0.3) is 0 Å². The fraction of sp³-hybridized carbons (Fsp3) is 0.733. The van der Waals surface area contributed by atoms with Crippen molar-refractivity contribution >= 4 is 11.7 Å². The standard InChI is InChI=1S/C15H25NO2/c1-2-3-4-5-6-7-8-9-15(18)16-12-10-14(17)11-13-16/h8-9H,2-7,10-13H2,1H3. The molecule has 0 aromatic carbocycles. The average molecular weight is 251 g/mol. The minimum absolute atomic E-state index is 0.0658. The Morgan fingerprint density at radius 3 is 2.50 bits per heavy atom. The van der Waals surface area contributed by atoms with Crippen LogP contribution in [-0.2, 0) is 9.59 Å². The molecule has 1 rings (SSSR count). The van der Waals surface area contributed by atoms with Crippen LogP contribution in [-0.4, -0.2) is 29.7 Å². The van der Waals surface area contributed by atoms with E-state index in [1.54, 1.807) is 11.0 Å². The predicted molar refractivity (Wildman–Crippen MR) is 73.3 cm³/mol. The lowest BCUT2D eigenvalue weighted by atomic mass is 10.1. The van der Waals surface area contributed by atoms with Gasteiger partial charge in [0.15, 0.2) is 0 Å². The molecule has 0 aromatic heterocycles. The van der Waals surface area contributed by atoms with Crippen molar-refractivity contribution in [2.75, 3.05) is 13.1 Å². The Kier molecular flexibility index (Phi) is 7.38. The topological polar surface area (TPSA) is 37.4 Å². The van der Waals surface area contributed by atoms with E-state index in [0.717, 1.165) is 6.42 Å². The third kappa shape index (κ3) is 5.99. The number of unbranched alkanes of at least 4 members (excludes halogenated alkanes) is 5. The molecule has 0 atom stereocenters. The Bertz CT molecular complexity index is 287. The smallest absolute Gasteiger partial charge is 0.246 e. The van der Waals surface area contributed by atoms with Crippen molar-refractivity contribution in [1.29, 1.82) is 0 Å². The van der Waals surface area contributed by atoms with Gasteiger partial charge < -0.3 is 4.90 Å². The number of rotatable bonds is 7. The van der Waals surface area contributed by atoms with Gasteiger partial charge in [0.05, 0.1) is 0 Å². The van der Waals surface area contributed by atoms with E-state index in [1.807, 2.05) is 6.08 Å². The summed E-state index contributed by atoms with van der Waals surface area (Å²) in [5.41, 5.74) is 0. The van der Waals surface area contributed by atoms with Gasteiger partial charge in [-0.25, -0.2) is 0 Å². The molecule has 0 spiro atoms. The summed E-state index contributed by atoms with van der Waals surface area (Å²) in [5.74, 6) is 0.343. The van der Waals surface area contributed by atoms with Crippen molar-refractivity contribution in [2.24, 2.45) is 0 Å². The quantitative estimate of drug-likeness (QED) is 0.515. The van der Waals surface area contributed by atoms with Crippen LogP contribution in [0, 0.1) is 0 Å². The van der Waals surface area contributed by atoms with Gasteiger partial charge in [0.2, 0.25) is 5.91 Å². The zero-order valence-corrected chi connectivity index (χ0v) is 11.5. The number of nitrogens with zero attached hydrogens (tertiary/aromatic N) is 1. The molecule has 0 aliphatic carbocycles. The zero-order valence-electron chi connectivity index (χ0n) is 11.5. The van der Waals surface area contributed by atoms with Crippen LogP contribution in [0.25, 0.3) is 0 Å². The number of carbonyl (C=O) groups is 2. The molecule has 0 saturated carbocycles. The van der Waals surface area contributed by atoms with Crippen molar-refractivity contribution < 1.29 is 9.59 Å². The van der Waals surface area contributed by atoms with E-state index in [1.165, 1.54) is 32.1 Å². The molecule has 1 aliphatic rings. The predicted octanol–water partition coefficient (Wildman–Crippen LogP) is 3.09. The average Bonchev–Trinajstić information content (AvgIpc) is 2.38. The molecule has 0 N–H and O–H groups in total. The summed E-state index contributed by atoms with van der Waals surface area (Å²) in [5, 5.41) is 0. The summed E-state index contributed by atoms with van der Waals surface area (Å²) in [6.45, 7) is 3.40. The zero-order chi connectivity index (χ0) is 13.2. The van der Waals surface area contributed by atoms with E-state index in [0.29, 0.717) is 25.9 Å². The maximum absolute atomic E-state index is 11.8. The van der Waals surface area contributed by atoms with Gasteiger partial charge in [-0.3, -0.25) is 9.59 Å². The van der Waals surface area contributed by atoms with Crippen LogP contribution in [0.5, 0.6) is 0 Å². The second-order valence-corrected chi connectivity index (χ2v) is 4.97. The van der Waals surface area contributed by atoms with E-state index in [-0.39, 0.29) is 11.7 Å². The lowest BCUT2D eigenvalue weighted by molar-refractivity contribution is -0.130. The fourth-order valence-electron chi connectivity index (χ4n) is 2.13. The van der Waals surface area contributed by atoms with Gasteiger partial charge in [0.1, 0.15) is 5.78 Å². The molecule has 18 heavy (non-hydrogen) atoms. The summed E-state index contributed by atoms with van der Waals surface area (Å²) in [6.07, 6.45) is 12.0. The Balaban J connectivity index is 2.10. The van der Waals surface area contributed by atoms with E-state index >= 15 is 0 Å². The van der Waals surface area contributed by atoms with Gasteiger partial charge in [0, 0.05) is 25.9 Å². The molecule has 0 radical (unpaired) electrons. The largest absolute Gasteiger partial charge is 0.338 e. The van der Waals surface area contributed by atoms with E-state index < -0.39 is 0 Å². The number of likely N-dealkylation sites (tertiary alicyclic amines) is 1. The first-order chi connectivity index (χ1) is 8.74. The minimum atomic E-state index is 0.0658. The lowest BCUT2D eigenvalue weighted by Gasteiger charge is -2.24. The summed E-state index contributed by atoms with van der Waals surface area (Å²) in [6, 6.07) is 0. The molecular formula is C15H25NO2. The van der Waals surface area contributed by atoms with Crippen molar-refractivity contribution in [3.8, 4) is 0 Å². The summed E-state index contributed by atoms with van der Waals surface area (Å²) in [4.78, 5) is 24.6. The molecule has 0 unspecified atom stereocenters. The summed E-state index contributed by atoms with van der Waals surface area (Å²) < 4.78 is 0. The maximum atomic E-state index is 11.8. The van der Waals surface area contributed by atoms with Crippen LogP contribution in [0.2, 0.25) is 0 Å². The maximum Gasteiger partial charge on any atom is 0.246 e. The highest BCUT2D eigenvalue weighted by atomic mass is 16.2. The number of hydrogen-bond acceptors (Lipinski definition) is 2. The van der Waals surface area contributed by atoms with Crippen molar-refractivity contribution in [3.05, 3.63) is 12.2 Å². The van der Waals surface area contributed by atoms with Crippen LogP contribution >= 0.6 is 0 Å². The molecule has 1 amide bonds. The van der Waals surface area contributed by atoms with Crippen molar-refractivity contribution in [2.45, 2.75) is 58.3 Å². The molecule has 1 heterocycles. The van der Waals surface area contributed by atoms with E-state index in [4.69, 9.17) is 0 Å². The first-order valence-corrected chi connectivity index (χ1v) is 7.21. The van der Waals surface area contributed by atoms with Gasteiger partial charge in [-0.1, -0.05) is 38.7 Å². The van der Waals surface area contributed by atoms with Gasteiger partial charge in [-0.2, -0.15) is 0 Å². The van der Waals surface area contributed by atoms with Crippen LogP contribution < -0.4 is 0 Å². The number of piperidine rings is 1. The fourth-order valence-corrected chi connectivity index (χ4v) is 2.13. The molecule has 1 fully saturated rings. The SMILES string of the molecule is CCCCCCCC=CC(=O)N1CCC(=O)CC1. The molecular weight excluding hydrogens is 226 g/mol. The second-order valence-electron chi connectivity index (χ2n) is 4.97. The normalized spacial score (nSPS) is 16.5. The van der Waals surface area contributed by atoms with Gasteiger partial charge in [-0.15, -0.1) is 0 Å². The molecule has 1 saturated heterocycles. The number of amides is 1. The number of allylic oxidation sites excluding steroid dienone is 1. The molecule has 0 bridgehead atoms. The van der Waals surface area contributed by atoms with Crippen LogP contribution in [0.15, 0.2) is 12.2 Å². The van der Waals surface area contributed by atoms with Crippen molar-refractivity contribution in [1.82, 2.24) is 4.90 Å². The Hall–Kier alpha value is -1.12. The number of hydrogen-bond donors (Lipinski definition) is 0. The first kappa shape index (κ1) is 14.9. The number of ketones is 1. The van der Waals surface area contributed by atoms with Crippen molar-refractivity contribution in [3.63, 3.8) is 0 Å². The molecule has 3 nitrogen and oxygen atoms in total. The number of Topliss-reactive ketones (excluding diaryl/α,β-unsaturated/α-hetero) is 1. The van der Waals surface area contributed by atoms with E-state index in [2.05, 4.69) is 6.92 Å². The van der Waals surface area contributed by atoms with Crippen LogP contribution in [0.3, 0.4) is 0 Å². The Morgan fingerprint density at radius 1 is 1.17 bits per heavy atom. The highest BCUT2D eigenvalue weighted by molar-refractivity contribution is 5.89. The first-order valence-electron chi connectivity index (χ1n) is 7.21. The second kappa shape index (κ2) is 8.90. The third-order valence-electron chi connectivity index (χ3n) is 3.37. The van der Waals surface area contributed by atoms with Crippen LogP contribution in [0.1, 0.15) is 58.3 Å². The highest BCUT2D eigenvalue weighted by Crippen LogP contribution is 2.08. The molecule has 1 aliphatic heterocycles. The molecule has 0 aromatic rings. The third-order valence-corrected chi connectivity index (χ3v) is 3.37.